The summed E-state index contributed by atoms with van der Waals surface area (Å²) in [5.74, 6) is 0. The van der Waals surface area contributed by atoms with Gasteiger partial charge in [0.15, 0.2) is 0 Å². The summed E-state index contributed by atoms with van der Waals surface area (Å²) in [6.45, 7) is 0. The summed E-state index contributed by atoms with van der Waals surface area (Å²) < 4.78 is 36.1. The van der Waals surface area contributed by atoms with E-state index < -0.39 is 11.7 Å². The van der Waals surface area contributed by atoms with Gasteiger partial charge in [0.2, 0.25) is 0 Å². The molecule has 0 atom stereocenters. The molecule has 1 rings (SSSR count). The molecule has 0 amide bonds. The van der Waals surface area contributed by atoms with Crippen LogP contribution in [0.4, 0.5) is 13.2 Å². The van der Waals surface area contributed by atoms with Crippen molar-refractivity contribution in [2.75, 3.05) is 0 Å². The van der Waals surface area contributed by atoms with E-state index in [0.29, 0.717) is 5.56 Å². The first-order chi connectivity index (χ1) is 6.04. The van der Waals surface area contributed by atoms with Gasteiger partial charge in [-0.15, -0.1) is 0 Å². The third-order valence-corrected chi connectivity index (χ3v) is 1.50. The van der Waals surface area contributed by atoms with Gasteiger partial charge in [0.1, 0.15) is 0 Å². The van der Waals surface area contributed by atoms with Crippen molar-refractivity contribution in [3.05, 3.63) is 41.7 Å². The maximum Gasteiger partial charge on any atom is 0.416 e. The Labute approximate surface area is 73.1 Å². The first-order valence-corrected chi connectivity index (χ1v) is 3.52. The molecule has 0 bridgehead atoms. The number of benzene rings is 1. The lowest BCUT2D eigenvalue weighted by molar-refractivity contribution is -0.137. The normalized spacial score (nSPS) is 12.2. The van der Waals surface area contributed by atoms with Crippen LogP contribution in [0.3, 0.4) is 0 Å². The quantitative estimate of drug-likeness (QED) is 0.671. The van der Waals surface area contributed by atoms with Crippen LogP contribution in [0.1, 0.15) is 11.1 Å². The maximum atomic E-state index is 12.0. The fourth-order valence-corrected chi connectivity index (χ4v) is 0.869. The average molecular weight is 188 g/mol. The van der Waals surface area contributed by atoms with Crippen molar-refractivity contribution in [1.82, 2.24) is 0 Å². The largest absolute Gasteiger partial charge is 0.516 e. The summed E-state index contributed by atoms with van der Waals surface area (Å²) in [6.07, 6.45) is -2.22. The van der Waals surface area contributed by atoms with E-state index in [1.165, 1.54) is 18.2 Å². The minimum absolute atomic E-state index is 0.524. The Kier molecular flexibility index (Phi) is 2.60. The Bertz CT molecular complexity index is 298. The second-order valence-corrected chi connectivity index (χ2v) is 2.44. The lowest BCUT2D eigenvalue weighted by atomic mass is 10.1. The molecule has 13 heavy (non-hydrogen) atoms. The van der Waals surface area contributed by atoms with Gasteiger partial charge in [-0.3, -0.25) is 0 Å². The summed E-state index contributed by atoms with van der Waals surface area (Å²) in [5, 5.41) is 8.35. The van der Waals surface area contributed by atoms with Crippen LogP contribution in [0.5, 0.6) is 0 Å². The smallest absolute Gasteiger partial charge is 0.416 e. The van der Waals surface area contributed by atoms with Gasteiger partial charge in [0.05, 0.1) is 11.8 Å². The van der Waals surface area contributed by atoms with Gasteiger partial charge in [0.25, 0.3) is 0 Å². The van der Waals surface area contributed by atoms with Crippen LogP contribution < -0.4 is 0 Å². The highest BCUT2D eigenvalue weighted by Gasteiger charge is 2.29. The Morgan fingerprint density at radius 2 is 1.62 bits per heavy atom. The standard InChI is InChI=1S/C9H7F3O/c10-9(11,12)8-3-1-7(2-4-8)5-6-13/h1-6,13H. The lowest BCUT2D eigenvalue weighted by Gasteiger charge is -2.05. The van der Waals surface area contributed by atoms with Crippen LogP contribution in [0.25, 0.3) is 6.08 Å². The summed E-state index contributed by atoms with van der Waals surface area (Å²) in [4.78, 5) is 0. The van der Waals surface area contributed by atoms with E-state index in [1.54, 1.807) is 0 Å². The van der Waals surface area contributed by atoms with Crippen molar-refractivity contribution in [1.29, 1.82) is 0 Å². The molecule has 1 aromatic rings. The molecule has 0 saturated heterocycles. The molecule has 1 N–H and O–H groups in total. The molecule has 1 aromatic carbocycles. The van der Waals surface area contributed by atoms with Crippen LogP contribution >= 0.6 is 0 Å². The van der Waals surface area contributed by atoms with E-state index >= 15 is 0 Å². The van der Waals surface area contributed by atoms with Crippen LogP contribution in [0, 0.1) is 0 Å². The first-order valence-electron chi connectivity index (χ1n) is 3.52. The summed E-state index contributed by atoms with van der Waals surface area (Å²) >= 11 is 0. The number of alkyl halides is 3. The third kappa shape index (κ3) is 2.50. The number of aliphatic hydroxyl groups is 1. The predicted molar refractivity (Wildman–Crippen MR) is 43.1 cm³/mol. The van der Waals surface area contributed by atoms with Gasteiger partial charge in [-0.2, -0.15) is 13.2 Å². The molecule has 70 valence electrons. The molecule has 0 aliphatic heterocycles. The zero-order valence-electron chi connectivity index (χ0n) is 6.55. The molecule has 1 nitrogen and oxygen atoms in total. The van der Waals surface area contributed by atoms with Crippen LogP contribution in [0.2, 0.25) is 0 Å². The highest BCUT2D eigenvalue weighted by molar-refractivity contribution is 5.48. The van der Waals surface area contributed by atoms with Crippen molar-refractivity contribution in [2.45, 2.75) is 6.18 Å². The van der Waals surface area contributed by atoms with Gasteiger partial charge in [-0.1, -0.05) is 12.1 Å². The molecule has 0 spiro atoms. The molecule has 0 radical (unpaired) electrons. The van der Waals surface area contributed by atoms with E-state index in [9.17, 15) is 13.2 Å². The average Bonchev–Trinajstić information content (AvgIpc) is 2.04. The summed E-state index contributed by atoms with van der Waals surface area (Å²) in [5.41, 5.74) is -0.168. The van der Waals surface area contributed by atoms with Crippen molar-refractivity contribution >= 4 is 6.08 Å². The van der Waals surface area contributed by atoms with Gasteiger partial charge >= 0.3 is 6.18 Å². The lowest BCUT2D eigenvalue weighted by Crippen LogP contribution is -2.03. The Hall–Kier alpha value is -1.45. The molecule has 0 aliphatic carbocycles. The van der Waals surface area contributed by atoms with Gasteiger partial charge in [-0.05, 0) is 23.8 Å². The molecule has 0 unspecified atom stereocenters. The monoisotopic (exact) mass is 188 g/mol. The Morgan fingerprint density at radius 3 is 2.00 bits per heavy atom. The molecule has 0 aromatic heterocycles. The number of rotatable bonds is 1. The molecular formula is C9H7F3O. The molecule has 0 fully saturated rings. The highest BCUT2D eigenvalue weighted by Crippen LogP contribution is 2.29. The second-order valence-electron chi connectivity index (χ2n) is 2.44. The summed E-state index contributed by atoms with van der Waals surface area (Å²) in [7, 11) is 0. The van der Waals surface area contributed by atoms with E-state index in [0.717, 1.165) is 18.4 Å². The molecule has 0 saturated carbocycles. The number of aliphatic hydroxyl groups excluding tert-OH is 1. The molecular weight excluding hydrogens is 181 g/mol. The van der Waals surface area contributed by atoms with Crippen LogP contribution in [-0.2, 0) is 6.18 Å². The number of hydrogen-bond acceptors (Lipinski definition) is 1. The topological polar surface area (TPSA) is 20.2 Å². The third-order valence-electron chi connectivity index (χ3n) is 1.50. The van der Waals surface area contributed by atoms with Crippen molar-refractivity contribution < 1.29 is 18.3 Å². The van der Waals surface area contributed by atoms with Crippen molar-refractivity contribution in [3.8, 4) is 0 Å². The fraction of sp³-hybridized carbons (Fsp3) is 0.111. The number of halogens is 3. The molecule has 4 heteroatoms. The molecule has 0 heterocycles. The zero-order chi connectivity index (χ0) is 9.90. The Balaban J connectivity index is 2.94. The minimum atomic E-state index is -4.30. The van der Waals surface area contributed by atoms with E-state index in [-0.39, 0.29) is 0 Å². The van der Waals surface area contributed by atoms with Crippen LogP contribution in [-0.4, -0.2) is 5.11 Å². The SMILES string of the molecule is OC=Cc1ccc(C(F)(F)F)cc1. The fourth-order valence-electron chi connectivity index (χ4n) is 0.869. The van der Waals surface area contributed by atoms with Gasteiger partial charge in [0, 0.05) is 0 Å². The number of hydrogen-bond donors (Lipinski definition) is 1. The van der Waals surface area contributed by atoms with Gasteiger partial charge in [-0.25, -0.2) is 0 Å². The predicted octanol–water partition coefficient (Wildman–Crippen LogP) is 3.23. The van der Waals surface area contributed by atoms with E-state index in [1.807, 2.05) is 0 Å². The Morgan fingerprint density at radius 1 is 1.08 bits per heavy atom. The molecule has 0 aliphatic rings. The minimum Gasteiger partial charge on any atom is -0.516 e. The summed E-state index contributed by atoms with van der Waals surface area (Å²) in [6, 6.07) is 4.51. The van der Waals surface area contributed by atoms with E-state index in [2.05, 4.69) is 0 Å². The van der Waals surface area contributed by atoms with Gasteiger partial charge < -0.3 is 5.11 Å². The first kappa shape index (κ1) is 9.64. The van der Waals surface area contributed by atoms with Crippen LogP contribution in [0.15, 0.2) is 30.5 Å². The van der Waals surface area contributed by atoms with E-state index in [4.69, 9.17) is 5.11 Å². The second kappa shape index (κ2) is 3.51. The zero-order valence-corrected chi connectivity index (χ0v) is 6.55. The maximum absolute atomic E-state index is 12.0. The van der Waals surface area contributed by atoms with Crippen molar-refractivity contribution in [2.24, 2.45) is 0 Å². The van der Waals surface area contributed by atoms with Crippen molar-refractivity contribution in [3.63, 3.8) is 0 Å². The highest BCUT2D eigenvalue weighted by atomic mass is 19.4.